The second-order valence-electron chi connectivity index (χ2n) is 7.00. The number of hydrogen-bond acceptors (Lipinski definition) is 6. The van der Waals surface area contributed by atoms with Crippen LogP contribution in [-0.4, -0.2) is 52.0 Å². The summed E-state index contributed by atoms with van der Waals surface area (Å²) in [6, 6.07) is 12.1. The first-order valence-corrected chi connectivity index (χ1v) is 9.76. The van der Waals surface area contributed by atoms with Crippen LogP contribution < -0.4 is 5.32 Å². The van der Waals surface area contributed by atoms with Gasteiger partial charge >= 0.3 is 0 Å². The van der Waals surface area contributed by atoms with Crippen molar-refractivity contribution in [2.24, 2.45) is 0 Å². The molecule has 1 aliphatic rings. The van der Waals surface area contributed by atoms with Gasteiger partial charge in [0.05, 0.1) is 49.2 Å². The van der Waals surface area contributed by atoms with Crippen molar-refractivity contribution < 1.29 is 13.9 Å². The Labute approximate surface area is 174 Å². The summed E-state index contributed by atoms with van der Waals surface area (Å²) in [5.41, 5.74) is 2.29. The minimum atomic E-state index is -0.347. The van der Waals surface area contributed by atoms with Crippen LogP contribution in [0.25, 0.3) is 11.3 Å². The summed E-state index contributed by atoms with van der Waals surface area (Å²) in [7, 11) is 0. The molecule has 0 aliphatic carbocycles. The fourth-order valence-corrected chi connectivity index (χ4v) is 3.31. The minimum Gasteiger partial charge on any atom is -0.369 e. The molecule has 3 aromatic rings. The maximum Gasteiger partial charge on any atom is 0.234 e. The Morgan fingerprint density at radius 2 is 2.07 bits per heavy atom. The molecule has 7 nitrogen and oxygen atoms in total. The maximum absolute atomic E-state index is 14.1. The lowest BCUT2D eigenvalue weighted by Gasteiger charge is -2.32. The van der Waals surface area contributed by atoms with Crippen molar-refractivity contribution in [3.05, 3.63) is 78.3 Å². The van der Waals surface area contributed by atoms with Gasteiger partial charge in [-0.3, -0.25) is 19.7 Å². The molecule has 1 fully saturated rings. The summed E-state index contributed by atoms with van der Waals surface area (Å²) >= 11 is 0. The Bertz CT molecular complexity index is 1000. The van der Waals surface area contributed by atoms with Gasteiger partial charge in [0.2, 0.25) is 5.91 Å². The lowest BCUT2D eigenvalue weighted by molar-refractivity contribution is -0.124. The van der Waals surface area contributed by atoms with Crippen LogP contribution in [0.5, 0.6) is 0 Å². The first-order chi connectivity index (χ1) is 14.7. The lowest BCUT2D eigenvalue weighted by Crippen LogP contribution is -2.44. The van der Waals surface area contributed by atoms with E-state index in [9.17, 15) is 9.18 Å². The lowest BCUT2D eigenvalue weighted by atomic mass is 10.1. The molecule has 1 atom stereocenters. The van der Waals surface area contributed by atoms with Gasteiger partial charge in [-0.15, -0.1) is 0 Å². The quantitative estimate of drug-likeness (QED) is 0.676. The normalized spacial score (nSPS) is 16.9. The first-order valence-electron chi connectivity index (χ1n) is 9.76. The molecular formula is C22H22FN5O2. The summed E-state index contributed by atoms with van der Waals surface area (Å²) in [5.74, 6) is -0.424. The molecule has 1 N–H and O–H groups in total. The van der Waals surface area contributed by atoms with Crippen molar-refractivity contribution in [2.75, 3.05) is 26.2 Å². The van der Waals surface area contributed by atoms with E-state index in [4.69, 9.17) is 4.74 Å². The molecule has 0 spiro atoms. The number of rotatable bonds is 6. The highest BCUT2D eigenvalue weighted by Gasteiger charge is 2.25. The van der Waals surface area contributed by atoms with E-state index in [0.29, 0.717) is 43.2 Å². The number of amides is 1. The minimum absolute atomic E-state index is 0.0764. The van der Waals surface area contributed by atoms with Crippen LogP contribution >= 0.6 is 0 Å². The monoisotopic (exact) mass is 407 g/mol. The Morgan fingerprint density at radius 3 is 2.90 bits per heavy atom. The molecule has 3 heterocycles. The highest BCUT2D eigenvalue weighted by molar-refractivity contribution is 5.78. The van der Waals surface area contributed by atoms with E-state index in [2.05, 4.69) is 20.3 Å². The smallest absolute Gasteiger partial charge is 0.234 e. The van der Waals surface area contributed by atoms with E-state index >= 15 is 0 Å². The Kier molecular flexibility index (Phi) is 6.36. The van der Waals surface area contributed by atoms with Crippen LogP contribution in [0.15, 0.2) is 61.1 Å². The molecule has 30 heavy (non-hydrogen) atoms. The molecule has 1 aromatic carbocycles. The zero-order valence-corrected chi connectivity index (χ0v) is 16.4. The number of carbonyl (C=O) groups is 1. The van der Waals surface area contributed by atoms with Crippen LogP contribution in [0, 0.1) is 5.82 Å². The van der Waals surface area contributed by atoms with Gasteiger partial charge in [0, 0.05) is 24.8 Å². The average Bonchev–Trinajstić information content (AvgIpc) is 2.79. The number of hydrogen-bond donors (Lipinski definition) is 1. The van der Waals surface area contributed by atoms with Crippen LogP contribution in [0.4, 0.5) is 4.39 Å². The van der Waals surface area contributed by atoms with Gasteiger partial charge in [0.25, 0.3) is 0 Å². The highest BCUT2D eigenvalue weighted by atomic mass is 19.1. The standard InChI is InChI=1S/C22H22FN5O2/c23-18-7-2-1-6-17(18)19-12-24-13-20(27-19)21-14-28(9-10-30-21)15-22(29)26-11-16-5-3-4-8-25-16/h1-8,12-13,21H,9-11,14-15H2,(H,26,29)/t21-/m0/s1. The van der Waals surface area contributed by atoms with Crippen molar-refractivity contribution in [3.8, 4) is 11.3 Å². The van der Waals surface area contributed by atoms with Gasteiger partial charge < -0.3 is 10.1 Å². The van der Waals surface area contributed by atoms with Crippen molar-refractivity contribution in [2.45, 2.75) is 12.6 Å². The number of halogens is 1. The molecule has 0 unspecified atom stereocenters. The number of morpholine rings is 1. The van der Waals surface area contributed by atoms with E-state index < -0.39 is 0 Å². The first kappa shape index (κ1) is 20.1. The third-order valence-electron chi connectivity index (χ3n) is 4.84. The van der Waals surface area contributed by atoms with Gasteiger partial charge in [-0.1, -0.05) is 18.2 Å². The van der Waals surface area contributed by atoms with Crippen molar-refractivity contribution in [3.63, 3.8) is 0 Å². The number of carbonyl (C=O) groups excluding carboxylic acids is 1. The van der Waals surface area contributed by atoms with Crippen molar-refractivity contribution in [1.29, 1.82) is 0 Å². The fraction of sp³-hybridized carbons (Fsp3) is 0.273. The third kappa shape index (κ3) is 5.03. The summed E-state index contributed by atoms with van der Waals surface area (Å²) in [6.07, 6.45) is 4.53. The van der Waals surface area contributed by atoms with Gasteiger partial charge in [0.1, 0.15) is 11.9 Å². The third-order valence-corrected chi connectivity index (χ3v) is 4.84. The topological polar surface area (TPSA) is 80.2 Å². The molecule has 1 amide bonds. The predicted octanol–water partition coefficient (Wildman–Crippen LogP) is 2.37. The van der Waals surface area contributed by atoms with Crippen LogP contribution in [-0.2, 0) is 16.1 Å². The number of aromatic nitrogens is 3. The van der Waals surface area contributed by atoms with Crippen molar-refractivity contribution in [1.82, 2.24) is 25.2 Å². The molecule has 8 heteroatoms. The molecular weight excluding hydrogens is 385 g/mol. The molecule has 0 bridgehead atoms. The molecule has 0 radical (unpaired) electrons. The largest absolute Gasteiger partial charge is 0.369 e. The number of nitrogens with one attached hydrogen (secondary N) is 1. The summed E-state index contributed by atoms with van der Waals surface area (Å²) in [6.45, 7) is 2.28. The molecule has 154 valence electrons. The number of nitrogens with zero attached hydrogens (tertiary/aromatic N) is 4. The van der Waals surface area contributed by atoms with E-state index in [1.54, 1.807) is 30.6 Å². The Hall–Kier alpha value is -3.23. The fourth-order valence-electron chi connectivity index (χ4n) is 3.31. The summed E-state index contributed by atoms with van der Waals surface area (Å²) in [4.78, 5) is 27.3. The SMILES string of the molecule is O=C(CN1CCO[C@H](c2cncc(-c3ccccc3F)n2)C1)NCc1ccccn1. The summed E-state index contributed by atoms with van der Waals surface area (Å²) in [5, 5.41) is 2.88. The van der Waals surface area contributed by atoms with Gasteiger partial charge in [0.15, 0.2) is 0 Å². The van der Waals surface area contributed by atoms with E-state index in [-0.39, 0.29) is 24.4 Å². The van der Waals surface area contributed by atoms with Gasteiger partial charge in [-0.2, -0.15) is 0 Å². The maximum atomic E-state index is 14.1. The van der Waals surface area contributed by atoms with Crippen molar-refractivity contribution >= 4 is 5.91 Å². The number of benzene rings is 1. The van der Waals surface area contributed by atoms with E-state index in [0.717, 1.165) is 5.69 Å². The number of ether oxygens (including phenoxy) is 1. The number of pyridine rings is 1. The molecule has 0 saturated carbocycles. The van der Waals surface area contributed by atoms with Gasteiger partial charge in [-0.05, 0) is 24.3 Å². The average molecular weight is 407 g/mol. The molecule has 2 aromatic heterocycles. The van der Waals surface area contributed by atoms with Crippen LogP contribution in [0.3, 0.4) is 0 Å². The Morgan fingerprint density at radius 1 is 1.20 bits per heavy atom. The predicted molar refractivity (Wildman–Crippen MR) is 109 cm³/mol. The highest BCUT2D eigenvalue weighted by Crippen LogP contribution is 2.24. The Balaban J connectivity index is 1.37. The zero-order chi connectivity index (χ0) is 20.8. The molecule has 1 aliphatic heterocycles. The summed E-state index contributed by atoms with van der Waals surface area (Å²) < 4.78 is 19.9. The zero-order valence-electron chi connectivity index (χ0n) is 16.4. The van der Waals surface area contributed by atoms with E-state index in [1.165, 1.54) is 12.3 Å². The van der Waals surface area contributed by atoms with Gasteiger partial charge in [-0.25, -0.2) is 9.37 Å². The second kappa shape index (κ2) is 9.51. The van der Waals surface area contributed by atoms with E-state index in [1.807, 2.05) is 23.1 Å². The molecule has 4 rings (SSSR count). The molecule has 1 saturated heterocycles. The van der Waals surface area contributed by atoms with Crippen LogP contribution in [0.2, 0.25) is 0 Å². The van der Waals surface area contributed by atoms with Crippen LogP contribution in [0.1, 0.15) is 17.5 Å². The second-order valence-corrected chi connectivity index (χ2v) is 7.00.